The minimum atomic E-state index is -0.0811. The normalized spacial score (nSPS) is 15.9. The van der Waals surface area contributed by atoms with Crippen LogP contribution in [0.2, 0.25) is 0 Å². The Balaban J connectivity index is 1.64. The fourth-order valence-electron chi connectivity index (χ4n) is 3.76. The van der Waals surface area contributed by atoms with Gasteiger partial charge in [0.25, 0.3) is 5.91 Å². The maximum atomic E-state index is 12.6. The summed E-state index contributed by atoms with van der Waals surface area (Å²) in [5, 5.41) is 7.03. The molecule has 0 aliphatic heterocycles. The van der Waals surface area contributed by atoms with E-state index in [1.807, 2.05) is 13.8 Å². The van der Waals surface area contributed by atoms with E-state index in [4.69, 9.17) is 14.0 Å². The molecule has 0 saturated heterocycles. The van der Waals surface area contributed by atoms with Crippen molar-refractivity contribution < 1.29 is 18.8 Å². The molecule has 0 atom stereocenters. The molecule has 6 heteroatoms. The topological polar surface area (TPSA) is 73.6 Å². The number of benzene rings is 1. The van der Waals surface area contributed by atoms with Gasteiger partial charge in [-0.15, -0.1) is 0 Å². The Labute approximate surface area is 166 Å². The number of rotatable bonds is 7. The molecule has 0 radical (unpaired) electrons. The van der Waals surface area contributed by atoms with Crippen molar-refractivity contribution in [3.05, 3.63) is 40.8 Å². The SMILES string of the molecule is COc1cc(C(=O)NCC2(C)CCCCC2)ccc1OCc1c(C)noc1C. The number of methoxy groups -OCH3 is 1. The number of amides is 1. The highest BCUT2D eigenvalue weighted by Crippen LogP contribution is 2.35. The summed E-state index contributed by atoms with van der Waals surface area (Å²) in [4.78, 5) is 12.6. The largest absolute Gasteiger partial charge is 0.493 e. The van der Waals surface area contributed by atoms with Crippen molar-refractivity contribution in [3.63, 3.8) is 0 Å². The predicted molar refractivity (Wildman–Crippen MR) is 107 cm³/mol. The number of aromatic nitrogens is 1. The fraction of sp³-hybridized carbons (Fsp3) is 0.545. The first-order valence-corrected chi connectivity index (χ1v) is 9.93. The average molecular weight is 386 g/mol. The number of nitrogens with zero attached hydrogens (tertiary/aromatic N) is 1. The molecule has 1 heterocycles. The van der Waals surface area contributed by atoms with E-state index in [9.17, 15) is 4.79 Å². The van der Waals surface area contributed by atoms with Gasteiger partial charge in [-0.05, 0) is 50.3 Å². The van der Waals surface area contributed by atoms with Gasteiger partial charge in [0.15, 0.2) is 11.5 Å². The molecule has 1 aromatic heterocycles. The highest BCUT2D eigenvalue weighted by molar-refractivity contribution is 5.94. The zero-order chi connectivity index (χ0) is 20.1. The van der Waals surface area contributed by atoms with E-state index in [0.29, 0.717) is 30.2 Å². The third kappa shape index (κ3) is 4.66. The van der Waals surface area contributed by atoms with Crippen LogP contribution in [0, 0.1) is 19.3 Å². The van der Waals surface area contributed by atoms with Crippen LogP contribution in [0.4, 0.5) is 0 Å². The second kappa shape index (κ2) is 8.67. The lowest BCUT2D eigenvalue weighted by Crippen LogP contribution is -2.37. The highest BCUT2D eigenvalue weighted by Gasteiger charge is 2.27. The molecule has 0 bridgehead atoms. The molecule has 1 aliphatic carbocycles. The summed E-state index contributed by atoms with van der Waals surface area (Å²) in [6.07, 6.45) is 6.14. The van der Waals surface area contributed by atoms with Gasteiger partial charge in [0.2, 0.25) is 0 Å². The monoisotopic (exact) mass is 386 g/mol. The minimum Gasteiger partial charge on any atom is -0.493 e. The van der Waals surface area contributed by atoms with Crippen LogP contribution in [-0.2, 0) is 6.61 Å². The number of ether oxygens (including phenoxy) is 2. The summed E-state index contributed by atoms with van der Waals surface area (Å²) in [6.45, 7) is 7.04. The zero-order valence-corrected chi connectivity index (χ0v) is 17.3. The van der Waals surface area contributed by atoms with Gasteiger partial charge >= 0.3 is 0 Å². The molecule has 3 rings (SSSR count). The first-order chi connectivity index (χ1) is 13.4. The fourth-order valence-corrected chi connectivity index (χ4v) is 3.76. The van der Waals surface area contributed by atoms with E-state index >= 15 is 0 Å². The summed E-state index contributed by atoms with van der Waals surface area (Å²) >= 11 is 0. The molecule has 152 valence electrons. The van der Waals surface area contributed by atoms with Crippen LogP contribution in [0.15, 0.2) is 22.7 Å². The van der Waals surface area contributed by atoms with Crippen molar-refractivity contribution in [1.29, 1.82) is 0 Å². The van der Waals surface area contributed by atoms with Crippen LogP contribution in [0.25, 0.3) is 0 Å². The van der Waals surface area contributed by atoms with Gasteiger partial charge in [-0.3, -0.25) is 4.79 Å². The lowest BCUT2D eigenvalue weighted by molar-refractivity contribution is 0.0918. The molecule has 2 aromatic rings. The van der Waals surface area contributed by atoms with E-state index in [2.05, 4.69) is 17.4 Å². The van der Waals surface area contributed by atoms with Crippen molar-refractivity contribution >= 4 is 5.91 Å². The number of hydrogen-bond acceptors (Lipinski definition) is 5. The third-order valence-corrected chi connectivity index (χ3v) is 5.72. The second-order valence-corrected chi connectivity index (χ2v) is 8.01. The predicted octanol–water partition coefficient (Wildman–Crippen LogP) is 4.58. The van der Waals surface area contributed by atoms with Crippen molar-refractivity contribution in [2.45, 2.75) is 59.5 Å². The number of carbonyl (C=O) groups is 1. The van der Waals surface area contributed by atoms with Gasteiger partial charge in [0, 0.05) is 12.1 Å². The van der Waals surface area contributed by atoms with Crippen LogP contribution >= 0.6 is 0 Å². The quantitative estimate of drug-likeness (QED) is 0.754. The molecule has 1 fully saturated rings. The second-order valence-electron chi connectivity index (χ2n) is 8.01. The van der Waals surface area contributed by atoms with Crippen LogP contribution in [-0.4, -0.2) is 24.7 Å². The van der Waals surface area contributed by atoms with Gasteiger partial charge in [-0.25, -0.2) is 0 Å². The Morgan fingerprint density at radius 2 is 1.96 bits per heavy atom. The number of carbonyl (C=O) groups excluding carboxylic acids is 1. The van der Waals surface area contributed by atoms with Crippen molar-refractivity contribution in [2.75, 3.05) is 13.7 Å². The van der Waals surface area contributed by atoms with E-state index in [1.54, 1.807) is 25.3 Å². The standard InChI is InChI=1S/C22H30N2O4/c1-15-18(16(2)28-24-15)13-27-19-9-8-17(12-20(19)26-4)21(25)23-14-22(3)10-6-5-7-11-22/h8-9,12H,5-7,10-11,13-14H2,1-4H3,(H,23,25). The number of hydrogen-bond donors (Lipinski definition) is 1. The van der Waals surface area contributed by atoms with E-state index in [0.717, 1.165) is 17.0 Å². The molecule has 1 aromatic carbocycles. The van der Waals surface area contributed by atoms with Crippen LogP contribution in [0.3, 0.4) is 0 Å². The first kappa shape index (κ1) is 20.2. The molecule has 1 aliphatic rings. The van der Waals surface area contributed by atoms with Crippen LogP contribution < -0.4 is 14.8 Å². The lowest BCUT2D eigenvalue weighted by atomic mass is 9.76. The van der Waals surface area contributed by atoms with Gasteiger partial charge in [-0.1, -0.05) is 31.3 Å². The molecular weight excluding hydrogens is 356 g/mol. The third-order valence-electron chi connectivity index (χ3n) is 5.72. The van der Waals surface area contributed by atoms with Crippen molar-refractivity contribution in [2.24, 2.45) is 5.41 Å². The smallest absolute Gasteiger partial charge is 0.251 e. The maximum absolute atomic E-state index is 12.6. The molecule has 1 amide bonds. The molecule has 1 N–H and O–H groups in total. The molecule has 28 heavy (non-hydrogen) atoms. The lowest BCUT2D eigenvalue weighted by Gasteiger charge is -2.33. The van der Waals surface area contributed by atoms with Crippen molar-refractivity contribution in [1.82, 2.24) is 10.5 Å². The number of nitrogens with one attached hydrogen (secondary N) is 1. The van der Waals surface area contributed by atoms with Gasteiger partial charge < -0.3 is 19.3 Å². The molecule has 0 unspecified atom stereocenters. The van der Waals surface area contributed by atoms with Gasteiger partial charge in [0.1, 0.15) is 12.4 Å². The Hall–Kier alpha value is -2.50. The van der Waals surface area contributed by atoms with Crippen LogP contribution in [0.1, 0.15) is 66.4 Å². The number of aryl methyl sites for hydroxylation is 2. The molecule has 1 saturated carbocycles. The molecule has 6 nitrogen and oxygen atoms in total. The Morgan fingerprint density at radius 1 is 1.21 bits per heavy atom. The zero-order valence-electron chi connectivity index (χ0n) is 17.3. The summed E-state index contributed by atoms with van der Waals surface area (Å²) in [5.41, 5.74) is 2.50. The Kier molecular flexibility index (Phi) is 6.27. The van der Waals surface area contributed by atoms with E-state index in [-0.39, 0.29) is 11.3 Å². The Morgan fingerprint density at radius 3 is 2.61 bits per heavy atom. The first-order valence-electron chi connectivity index (χ1n) is 9.93. The summed E-state index contributed by atoms with van der Waals surface area (Å²) in [6, 6.07) is 5.26. The minimum absolute atomic E-state index is 0.0811. The van der Waals surface area contributed by atoms with Gasteiger partial charge in [0.05, 0.1) is 18.4 Å². The van der Waals surface area contributed by atoms with Crippen molar-refractivity contribution in [3.8, 4) is 11.5 Å². The summed E-state index contributed by atoms with van der Waals surface area (Å²) in [7, 11) is 1.57. The average Bonchev–Trinajstić information content (AvgIpc) is 3.02. The Bertz CT molecular complexity index is 802. The highest BCUT2D eigenvalue weighted by atomic mass is 16.5. The van der Waals surface area contributed by atoms with Gasteiger partial charge in [-0.2, -0.15) is 0 Å². The maximum Gasteiger partial charge on any atom is 0.251 e. The molecule has 0 spiro atoms. The summed E-state index contributed by atoms with van der Waals surface area (Å²) in [5.74, 6) is 1.77. The van der Waals surface area contributed by atoms with Crippen LogP contribution in [0.5, 0.6) is 11.5 Å². The molecular formula is C22H30N2O4. The summed E-state index contributed by atoms with van der Waals surface area (Å²) < 4.78 is 16.5. The van der Waals surface area contributed by atoms with E-state index < -0.39 is 0 Å². The van der Waals surface area contributed by atoms with E-state index in [1.165, 1.54) is 32.1 Å².